The molecule has 0 aromatic heterocycles. The first kappa shape index (κ1) is 12.4. The number of rotatable bonds is 3. The molecule has 0 aromatic rings. The van der Waals surface area contributed by atoms with Gasteiger partial charge in [0, 0.05) is 26.1 Å². The number of carbonyl (C=O) groups excluding carboxylic acids is 3. The van der Waals surface area contributed by atoms with Crippen molar-refractivity contribution in [3.05, 3.63) is 12.2 Å². The minimum atomic E-state index is -0.0803. The highest BCUT2D eigenvalue weighted by Crippen LogP contribution is 2.04. The lowest BCUT2D eigenvalue weighted by atomic mass is 10.3. The second kappa shape index (κ2) is 6.05. The lowest BCUT2D eigenvalue weighted by Crippen LogP contribution is -2.36. The van der Waals surface area contributed by atoms with Gasteiger partial charge in [-0.05, 0) is 13.0 Å². The van der Waals surface area contributed by atoms with Gasteiger partial charge in [0.15, 0.2) is 0 Å². The molecule has 1 aliphatic heterocycles. The van der Waals surface area contributed by atoms with Crippen molar-refractivity contribution in [1.82, 2.24) is 9.80 Å². The molecule has 0 saturated carbocycles. The second-order valence-corrected chi connectivity index (χ2v) is 3.58. The van der Waals surface area contributed by atoms with E-state index in [4.69, 9.17) is 0 Å². The zero-order valence-corrected chi connectivity index (χ0v) is 9.39. The lowest BCUT2D eigenvalue weighted by Gasteiger charge is -2.19. The van der Waals surface area contributed by atoms with Gasteiger partial charge in [0.1, 0.15) is 6.29 Å². The molecule has 5 heteroatoms. The van der Waals surface area contributed by atoms with E-state index in [0.717, 1.165) is 0 Å². The van der Waals surface area contributed by atoms with Crippen LogP contribution in [-0.2, 0) is 14.4 Å². The zero-order valence-electron chi connectivity index (χ0n) is 9.39. The highest BCUT2D eigenvalue weighted by molar-refractivity contribution is 5.88. The number of aldehydes is 1. The molecule has 5 nitrogen and oxygen atoms in total. The van der Waals surface area contributed by atoms with E-state index in [0.29, 0.717) is 25.9 Å². The Balaban J connectivity index is 2.60. The van der Waals surface area contributed by atoms with E-state index in [-0.39, 0.29) is 24.8 Å². The summed E-state index contributed by atoms with van der Waals surface area (Å²) in [6.07, 6.45) is 4.16. The zero-order chi connectivity index (χ0) is 12.0. The van der Waals surface area contributed by atoms with Gasteiger partial charge in [-0.15, -0.1) is 0 Å². The molecule has 0 aromatic carbocycles. The molecule has 1 aliphatic rings. The van der Waals surface area contributed by atoms with Crippen LogP contribution in [0.5, 0.6) is 0 Å². The topological polar surface area (TPSA) is 57.7 Å². The molecule has 16 heavy (non-hydrogen) atoms. The summed E-state index contributed by atoms with van der Waals surface area (Å²) in [6.45, 7) is 3.24. The summed E-state index contributed by atoms with van der Waals surface area (Å²) in [6, 6.07) is 0. The predicted octanol–water partition coefficient (Wildman–Crippen LogP) is -0.178. The van der Waals surface area contributed by atoms with Gasteiger partial charge < -0.3 is 14.6 Å². The third-order valence-electron chi connectivity index (χ3n) is 2.50. The van der Waals surface area contributed by atoms with Crippen LogP contribution in [-0.4, -0.2) is 54.1 Å². The Morgan fingerprint density at radius 1 is 1.38 bits per heavy atom. The highest BCUT2D eigenvalue weighted by atomic mass is 16.2. The summed E-state index contributed by atoms with van der Waals surface area (Å²) >= 11 is 0. The molecule has 88 valence electrons. The van der Waals surface area contributed by atoms with Crippen LogP contribution in [0.3, 0.4) is 0 Å². The van der Waals surface area contributed by atoms with E-state index in [1.807, 2.05) is 0 Å². The van der Waals surface area contributed by atoms with Gasteiger partial charge in [-0.25, -0.2) is 0 Å². The van der Waals surface area contributed by atoms with Crippen molar-refractivity contribution in [2.45, 2.75) is 13.3 Å². The standard InChI is InChI=1S/C11H16N2O3/c1-2-3-10(15)12-5-4-11(16)13(7-6-12)8-9-14/h2-3,9H,4-8H2,1H3/b3-2+. The minimum Gasteiger partial charge on any atom is -0.337 e. The average molecular weight is 224 g/mol. The molecule has 1 rings (SSSR count). The van der Waals surface area contributed by atoms with Crippen LogP contribution in [0.25, 0.3) is 0 Å². The Morgan fingerprint density at radius 3 is 2.75 bits per heavy atom. The molecule has 2 amide bonds. The first-order valence-electron chi connectivity index (χ1n) is 5.32. The largest absolute Gasteiger partial charge is 0.337 e. The Hall–Kier alpha value is -1.65. The Kier molecular flexibility index (Phi) is 4.69. The average Bonchev–Trinajstić information content (AvgIpc) is 2.43. The van der Waals surface area contributed by atoms with Crippen LogP contribution in [0.1, 0.15) is 13.3 Å². The Morgan fingerprint density at radius 2 is 2.12 bits per heavy atom. The van der Waals surface area contributed by atoms with Gasteiger partial charge in [0.05, 0.1) is 6.54 Å². The van der Waals surface area contributed by atoms with Gasteiger partial charge in [-0.1, -0.05) is 6.08 Å². The van der Waals surface area contributed by atoms with E-state index >= 15 is 0 Å². The molecule has 0 spiro atoms. The van der Waals surface area contributed by atoms with E-state index in [2.05, 4.69) is 0 Å². The number of hydrogen-bond acceptors (Lipinski definition) is 3. The van der Waals surface area contributed by atoms with Gasteiger partial charge >= 0.3 is 0 Å². The van der Waals surface area contributed by atoms with Crippen LogP contribution in [0.15, 0.2) is 12.2 Å². The lowest BCUT2D eigenvalue weighted by molar-refractivity contribution is -0.132. The van der Waals surface area contributed by atoms with Gasteiger partial charge in [0.25, 0.3) is 0 Å². The van der Waals surface area contributed by atoms with Crippen LogP contribution in [0.2, 0.25) is 0 Å². The Bertz CT molecular complexity index is 312. The van der Waals surface area contributed by atoms with Crippen molar-refractivity contribution in [3.8, 4) is 0 Å². The molecule has 1 heterocycles. The van der Waals surface area contributed by atoms with Gasteiger partial charge in [-0.2, -0.15) is 0 Å². The quantitative estimate of drug-likeness (QED) is 0.493. The first-order chi connectivity index (χ1) is 7.69. The van der Waals surface area contributed by atoms with Crippen LogP contribution in [0, 0.1) is 0 Å². The third kappa shape index (κ3) is 3.18. The number of nitrogens with zero attached hydrogens (tertiary/aromatic N) is 2. The predicted molar refractivity (Wildman–Crippen MR) is 58.7 cm³/mol. The molecule has 0 aliphatic carbocycles. The van der Waals surface area contributed by atoms with Crippen LogP contribution >= 0.6 is 0 Å². The van der Waals surface area contributed by atoms with Gasteiger partial charge in [0.2, 0.25) is 11.8 Å². The molecule has 1 fully saturated rings. The molecule has 0 atom stereocenters. The number of hydrogen-bond donors (Lipinski definition) is 0. The molecule has 0 radical (unpaired) electrons. The summed E-state index contributed by atoms with van der Waals surface area (Å²) in [5.41, 5.74) is 0. The molecule has 1 saturated heterocycles. The fraction of sp³-hybridized carbons (Fsp3) is 0.545. The van der Waals surface area contributed by atoms with E-state index in [9.17, 15) is 14.4 Å². The number of allylic oxidation sites excluding steroid dienone is 1. The summed E-state index contributed by atoms with van der Waals surface area (Å²) < 4.78 is 0. The molecule has 0 unspecified atom stereocenters. The molecular formula is C11H16N2O3. The van der Waals surface area contributed by atoms with Crippen molar-refractivity contribution >= 4 is 18.1 Å². The smallest absolute Gasteiger partial charge is 0.246 e. The summed E-state index contributed by atoms with van der Waals surface area (Å²) in [4.78, 5) is 36.6. The fourth-order valence-corrected chi connectivity index (χ4v) is 1.62. The van der Waals surface area contributed by atoms with Crippen molar-refractivity contribution in [2.24, 2.45) is 0 Å². The summed E-state index contributed by atoms with van der Waals surface area (Å²) in [5.74, 6) is -0.147. The first-order valence-corrected chi connectivity index (χ1v) is 5.32. The second-order valence-electron chi connectivity index (χ2n) is 3.58. The third-order valence-corrected chi connectivity index (χ3v) is 2.50. The van der Waals surface area contributed by atoms with Crippen molar-refractivity contribution in [2.75, 3.05) is 26.2 Å². The van der Waals surface area contributed by atoms with E-state index < -0.39 is 0 Å². The van der Waals surface area contributed by atoms with Crippen LogP contribution < -0.4 is 0 Å². The molecular weight excluding hydrogens is 208 g/mol. The maximum Gasteiger partial charge on any atom is 0.246 e. The van der Waals surface area contributed by atoms with E-state index in [1.54, 1.807) is 17.9 Å². The molecule has 0 bridgehead atoms. The molecule has 0 N–H and O–H groups in total. The van der Waals surface area contributed by atoms with E-state index in [1.165, 1.54) is 11.0 Å². The minimum absolute atomic E-state index is 0.0668. The van der Waals surface area contributed by atoms with Crippen molar-refractivity contribution < 1.29 is 14.4 Å². The number of carbonyl (C=O) groups is 3. The SMILES string of the molecule is C/C=C/C(=O)N1CCC(=O)N(CC=O)CC1. The summed E-state index contributed by atoms with van der Waals surface area (Å²) in [5, 5.41) is 0. The van der Waals surface area contributed by atoms with Gasteiger partial charge in [-0.3, -0.25) is 9.59 Å². The fourth-order valence-electron chi connectivity index (χ4n) is 1.62. The summed E-state index contributed by atoms with van der Waals surface area (Å²) in [7, 11) is 0. The Labute approximate surface area is 94.7 Å². The maximum atomic E-state index is 11.6. The maximum absolute atomic E-state index is 11.6. The van der Waals surface area contributed by atoms with Crippen LogP contribution in [0.4, 0.5) is 0 Å². The van der Waals surface area contributed by atoms with Crippen molar-refractivity contribution in [3.63, 3.8) is 0 Å². The van der Waals surface area contributed by atoms with Crippen molar-refractivity contribution in [1.29, 1.82) is 0 Å². The number of amides is 2. The monoisotopic (exact) mass is 224 g/mol. The highest BCUT2D eigenvalue weighted by Gasteiger charge is 2.21. The normalized spacial score (nSPS) is 17.7.